The number of thiazole rings is 1. The van der Waals surface area contributed by atoms with Gasteiger partial charge in [0, 0.05) is 23.4 Å². The molecule has 1 aliphatic heterocycles. The van der Waals surface area contributed by atoms with E-state index in [1.54, 1.807) is 0 Å². The van der Waals surface area contributed by atoms with E-state index in [1.807, 2.05) is 59.5 Å². The van der Waals surface area contributed by atoms with Crippen molar-refractivity contribution in [2.75, 3.05) is 18.5 Å². The Morgan fingerprint density at radius 1 is 1.16 bits per heavy atom. The van der Waals surface area contributed by atoms with Crippen molar-refractivity contribution in [2.24, 2.45) is 0 Å². The Balaban J connectivity index is 1.34. The van der Waals surface area contributed by atoms with Gasteiger partial charge in [0.2, 0.25) is 0 Å². The van der Waals surface area contributed by atoms with Crippen LogP contribution in [0.15, 0.2) is 54.6 Å². The van der Waals surface area contributed by atoms with Gasteiger partial charge in [-0.2, -0.15) is 0 Å². The lowest BCUT2D eigenvalue weighted by Gasteiger charge is -2.26. The zero-order valence-corrected chi connectivity index (χ0v) is 18.4. The highest BCUT2D eigenvalue weighted by molar-refractivity contribution is 7.15. The van der Waals surface area contributed by atoms with Crippen molar-refractivity contribution in [3.05, 3.63) is 76.3 Å². The molecule has 0 bridgehead atoms. The molecule has 0 atom stereocenters. The van der Waals surface area contributed by atoms with E-state index in [0.29, 0.717) is 41.9 Å². The van der Waals surface area contributed by atoms with Crippen LogP contribution in [0.2, 0.25) is 0 Å². The number of carbonyl (C=O) groups excluding carboxylic acids is 2. The first kappa shape index (κ1) is 21.1. The molecule has 0 unspecified atom stereocenters. The molecule has 2 aromatic carbocycles. The molecule has 0 spiro atoms. The summed E-state index contributed by atoms with van der Waals surface area (Å²) >= 11 is 1.42. The minimum atomic E-state index is -0.252. The number of carbonyl (C=O) groups is 2. The monoisotopic (exact) mass is 435 g/mol. The standard InChI is InChI=1S/C24H25N3O3S/c1-16(2)18-9-6-10-19(13-18)30-15-22(28)26-24-25-20-11-12-27(14-21(20)31-24)23(29)17-7-4-3-5-8-17/h3-10,13,16H,11-12,14-15H2,1-2H3,(H,25,26,28). The van der Waals surface area contributed by atoms with Crippen LogP contribution in [0, 0.1) is 0 Å². The molecular weight excluding hydrogens is 410 g/mol. The lowest BCUT2D eigenvalue weighted by atomic mass is 10.0. The molecule has 2 heterocycles. The van der Waals surface area contributed by atoms with Crippen molar-refractivity contribution in [3.8, 4) is 5.75 Å². The lowest BCUT2D eigenvalue weighted by molar-refractivity contribution is -0.118. The molecule has 0 radical (unpaired) electrons. The number of fused-ring (bicyclic) bond motifs is 1. The van der Waals surface area contributed by atoms with Crippen LogP contribution in [0.1, 0.15) is 46.3 Å². The van der Waals surface area contributed by atoms with Crippen LogP contribution in [-0.4, -0.2) is 34.8 Å². The van der Waals surface area contributed by atoms with Gasteiger partial charge in [-0.1, -0.05) is 55.5 Å². The van der Waals surface area contributed by atoms with Crippen LogP contribution in [0.4, 0.5) is 5.13 Å². The second-order valence-corrected chi connectivity index (χ2v) is 8.88. The summed E-state index contributed by atoms with van der Waals surface area (Å²) < 4.78 is 5.64. The first-order valence-corrected chi connectivity index (χ1v) is 11.2. The van der Waals surface area contributed by atoms with Crippen molar-refractivity contribution >= 4 is 28.3 Å². The van der Waals surface area contributed by atoms with E-state index in [1.165, 1.54) is 16.9 Å². The van der Waals surface area contributed by atoms with Crippen molar-refractivity contribution in [1.82, 2.24) is 9.88 Å². The molecule has 4 rings (SSSR count). The van der Waals surface area contributed by atoms with Crippen LogP contribution in [0.3, 0.4) is 0 Å². The highest BCUT2D eigenvalue weighted by Gasteiger charge is 2.25. The van der Waals surface area contributed by atoms with Crippen molar-refractivity contribution < 1.29 is 14.3 Å². The van der Waals surface area contributed by atoms with Crippen LogP contribution in [0.5, 0.6) is 5.75 Å². The zero-order chi connectivity index (χ0) is 21.8. The zero-order valence-electron chi connectivity index (χ0n) is 17.6. The van der Waals surface area contributed by atoms with Crippen LogP contribution in [-0.2, 0) is 17.8 Å². The van der Waals surface area contributed by atoms with E-state index in [0.717, 1.165) is 10.6 Å². The Morgan fingerprint density at radius 3 is 2.74 bits per heavy atom. The topological polar surface area (TPSA) is 71.5 Å². The first-order valence-electron chi connectivity index (χ1n) is 10.3. The van der Waals surface area contributed by atoms with Gasteiger partial charge >= 0.3 is 0 Å². The van der Waals surface area contributed by atoms with Gasteiger partial charge in [-0.3, -0.25) is 14.9 Å². The van der Waals surface area contributed by atoms with E-state index in [2.05, 4.69) is 24.1 Å². The molecule has 0 saturated heterocycles. The number of hydrogen-bond donors (Lipinski definition) is 1. The average molecular weight is 436 g/mol. The summed E-state index contributed by atoms with van der Waals surface area (Å²) in [7, 11) is 0. The normalized spacial score (nSPS) is 13.1. The lowest BCUT2D eigenvalue weighted by Crippen LogP contribution is -2.35. The average Bonchev–Trinajstić information content (AvgIpc) is 3.19. The number of rotatable bonds is 6. The van der Waals surface area contributed by atoms with Crippen LogP contribution >= 0.6 is 11.3 Å². The third-order valence-electron chi connectivity index (χ3n) is 5.18. The van der Waals surface area contributed by atoms with E-state index in [-0.39, 0.29) is 18.4 Å². The van der Waals surface area contributed by atoms with Gasteiger partial charge in [-0.15, -0.1) is 0 Å². The van der Waals surface area contributed by atoms with Crippen molar-refractivity contribution in [2.45, 2.75) is 32.7 Å². The number of nitrogens with zero attached hydrogens (tertiary/aromatic N) is 2. The van der Waals surface area contributed by atoms with Gasteiger partial charge in [0.25, 0.3) is 11.8 Å². The molecule has 31 heavy (non-hydrogen) atoms. The molecule has 0 aliphatic carbocycles. The number of ether oxygens (including phenoxy) is 1. The molecule has 1 aromatic heterocycles. The quantitative estimate of drug-likeness (QED) is 0.620. The van der Waals surface area contributed by atoms with Crippen LogP contribution in [0.25, 0.3) is 0 Å². The number of amides is 2. The third-order valence-corrected chi connectivity index (χ3v) is 6.18. The summed E-state index contributed by atoms with van der Waals surface area (Å²) in [5.41, 5.74) is 2.80. The molecule has 0 fully saturated rings. The van der Waals surface area contributed by atoms with Crippen LogP contribution < -0.4 is 10.1 Å². The maximum atomic E-state index is 12.7. The minimum absolute atomic E-state index is 0.0160. The Hall–Kier alpha value is -3.19. The summed E-state index contributed by atoms with van der Waals surface area (Å²) in [6.07, 6.45) is 0.679. The smallest absolute Gasteiger partial charge is 0.264 e. The molecule has 1 aliphatic rings. The summed E-state index contributed by atoms with van der Waals surface area (Å²) in [6.45, 7) is 5.28. The molecule has 160 valence electrons. The summed E-state index contributed by atoms with van der Waals surface area (Å²) in [5.74, 6) is 0.836. The number of benzene rings is 2. The van der Waals surface area contributed by atoms with Gasteiger partial charge in [0.1, 0.15) is 5.75 Å². The van der Waals surface area contributed by atoms with E-state index < -0.39 is 0 Å². The Kier molecular flexibility index (Phi) is 6.32. The maximum Gasteiger partial charge on any atom is 0.264 e. The third kappa shape index (κ3) is 5.11. The fourth-order valence-electron chi connectivity index (χ4n) is 3.45. The first-order chi connectivity index (χ1) is 15.0. The predicted molar refractivity (Wildman–Crippen MR) is 122 cm³/mol. The summed E-state index contributed by atoms with van der Waals surface area (Å²) in [5, 5.41) is 3.37. The Bertz CT molecular complexity index is 1080. The summed E-state index contributed by atoms with van der Waals surface area (Å²) in [4.78, 5) is 32.4. The number of nitrogens with one attached hydrogen (secondary N) is 1. The highest BCUT2D eigenvalue weighted by atomic mass is 32.1. The Labute approximate surface area is 185 Å². The van der Waals surface area contributed by atoms with Gasteiger partial charge < -0.3 is 9.64 Å². The predicted octanol–water partition coefficient (Wildman–Crippen LogP) is 4.48. The molecule has 3 aromatic rings. The van der Waals surface area contributed by atoms with Crippen molar-refractivity contribution in [1.29, 1.82) is 0 Å². The number of anilines is 1. The molecule has 1 N–H and O–H groups in total. The molecular formula is C24H25N3O3S. The maximum absolute atomic E-state index is 12.7. The fourth-order valence-corrected chi connectivity index (χ4v) is 4.49. The fraction of sp³-hybridized carbons (Fsp3) is 0.292. The van der Waals surface area contributed by atoms with E-state index in [4.69, 9.17) is 4.74 Å². The largest absolute Gasteiger partial charge is 0.484 e. The highest BCUT2D eigenvalue weighted by Crippen LogP contribution is 2.29. The Morgan fingerprint density at radius 2 is 1.97 bits per heavy atom. The molecule has 7 heteroatoms. The summed E-state index contributed by atoms with van der Waals surface area (Å²) in [6, 6.07) is 17.1. The van der Waals surface area contributed by atoms with Crippen molar-refractivity contribution in [3.63, 3.8) is 0 Å². The number of aromatic nitrogens is 1. The minimum Gasteiger partial charge on any atom is -0.484 e. The van der Waals surface area contributed by atoms with Gasteiger partial charge in [0.05, 0.1) is 12.2 Å². The molecule has 0 saturated carbocycles. The van der Waals surface area contributed by atoms with E-state index in [9.17, 15) is 9.59 Å². The number of hydrogen-bond acceptors (Lipinski definition) is 5. The van der Waals surface area contributed by atoms with Gasteiger partial charge in [-0.05, 0) is 35.7 Å². The van der Waals surface area contributed by atoms with Gasteiger partial charge in [-0.25, -0.2) is 4.98 Å². The molecule has 6 nitrogen and oxygen atoms in total. The van der Waals surface area contributed by atoms with E-state index >= 15 is 0 Å². The second kappa shape index (κ2) is 9.31. The molecule has 2 amide bonds. The van der Waals surface area contributed by atoms with Gasteiger partial charge in [0.15, 0.2) is 11.7 Å². The SMILES string of the molecule is CC(C)c1cccc(OCC(=O)Nc2nc3c(s2)CN(C(=O)c2ccccc2)CC3)c1. The second-order valence-electron chi connectivity index (χ2n) is 7.80.